The van der Waals surface area contributed by atoms with Crippen LogP contribution >= 0.6 is 0 Å². The maximum absolute atomic E-state index is 13.4. The fourth-order valence-electron chi connectivity index (χ4n) is 3.34. The summed E-state index contributed by atoms with van der Waals surface area (Å²) in [4.78, 5) is 26.4. The molecule has 7 heteroatoms. The second-order valence-corrected chi connectivity index (χ2v) is 7.26. The molecule has 7 nitrogen and oxygen atoms in total. The topological polar surface area (TPSA) is 101 Å². The smallest absolute Gasteiger partial charge is 0.259 e. The van der Waals surface area contributed by atoms with E-state index in [1.807, 2.05) is 48.5 Å². The highest BCUT2D eigenvalue weighted by Gasteiger charge is 2.24. The van der Waals surface area contributed by atoms with Crippen LogP contribution in [0.1, 0.15) is 45.4 Å². The molecule has 1 heterocycles. The van der Waals surface area contributed by atoms with E-state index >= 15 is 0 Å². The molecule has 0 aliphatic heterocycles. The number of amides is 2. The lowest BCUT2D eigenvalue weighted by Crippen LogP contribution is -2.31. The van der Waals surface area contributed by atoms with Crippen LogP contribution in [0.15, 0.2) is 53.1 Å². The zero-order valence-corrected chi connectivity index (χ0v) is 17.4. The van der Waals surface area contributed by atoms with E-state index in [2.05, 4.69) is 10.5 Å². The maximum Gasteiger partial charge on any atom is 0.259 e. The number of benzene rings is 2. The molecule has 0 spiro atoms. The fourth-order valence-corrected chi connectivity index (χ4v) is 3.34. The van der Waals surface area contributed by atoms with Gasteiger partial charge >= 0.3 is 0 Å². The van der Waals surface area contributed by atoms with E-state index in [1.54, 1.807) is 18.7 Å². The molecule has 0 aliphatic rings. The molecule has 0 bridgehead atoms. The van der Waals surface area contributed by atoms with Crippen LogP contribution < -0.4 is 11.1 Å². The summed E-state index contributed by atoms with van der Waals surface area (Å²) < 4.78 is 5.20. The molecule has 3 rings (SSSR count). The maximum atomic E-state index is 13.4. The van der Waals surface area contributed by atoms with Crippen molar-refractivity contribution in [1.29, 1.82) is 0 Å². The van der Waals surface area contributed by atoms with Gasteiger partial charge in [-0.05, 0) is 42.7 Å². The lowest BCUT2D eigenvalue weighted by molar-refractivity contribution is -0.114. The van der Waals surface area contributed by atoms with Crippen LogP contribution in [0.4, 0.5) is 5.69 Å². The van der Waals surface area contributed by atoms with Gasteiger partial charge in [-0.2, -0.15) is 0 Å². The van der Waals surface area contributed by atoms with E-state index in [0.717, 1.165) is 16.7 Å². The Kier molecular flexibility index (Phi) is 6.64. The minimum absolute atomic E-state index is 0.127. The molecular weight excluding hydrogens is 380 g/mol. The molecule has 0 saturated heterocycles. The predicted octanol–water partition coefficient (Wildman–Crippen LogP) is 3.55. The molecule has 0 aliphatic carbocycles. The first kappa shape index (κ1) is 21.3. The van der Waals surface area contributed by atoms with Crippen molar-refractivity contribution in [3.63, 3.8) is 0 Å². The average Bonchev–Trinajstić information content (AvgIpc) is 3.06. The average molecular weight is 406 g/mol. The Morgan fingerprint density at radius 3 is 2.30 bits per heavy atom. The van der Waals surface area contributed by atoms with Crippen molar-refractivity contribution in [2.45, 2.75) is 40.4 Å². The Bertz CT molecular complexity index is 1020. The summed E-state index contributed by atoms with van der Waals surface area (Å²) in [5.41, 5.74) is 10.5. The molecule has 0 fully saturated rings. The molecule has 0 atom stereocenters. The van der Waals surface area contributed by atoms with Gasteiger partial charge in [0.1, 0.15) is 11.3 Å². The number of nitrogens with one attached hydrogen (secondary N) is 1. The van der Waals surface area contributed by atoms with E-state index in [-0.39, 0.29) is 11.8 Å². The van der Waals surface area contributed by atoms with Gasteiger partial charge in [-0.1, -0.05) is 41.6 Å². The Balaban J connectivity index is 1.88. The Morgan fingerprint density at radius 2 is 1.70 bits per heavy atom. The number of anilines is 1. The first-order chi connectivity index (χ1) is 14.4. The van der Waals surface area contributed by atoms with Gasteiger partial charge in [0.15, 0.2) is 0 Å². The SMILES string of the molecule is CC(=O)Nc1ccc(CN(Cc2cccc(CN)c2)C(=O)c2c(C)noc2C)cc1. The fraction of sp³-hybridized carbons (Fsp3) is 0.261. The molecule has 3 aromatic rings. The summed E-state index contributed by atoms with van der Waals surface area (Å²) in [6.45, 7) is 6.23. The van der Waals surface area contributed by atoms with E-state index in [9.17, 15) is 9.59 Å². The largest absolute Gasteiger partial charge is 0.361 e. The quantitative estimate of drug-likeness (QED) is 0.625. The first-order valence-electron chi connectivity index (χ1n) is 9.74. The summed E-state index contributed by atoms with van der Waals surface area (Å²) >= 11 is 0. The van der Waals surface area contributed by atoms with Crippen molar-refractivity contribution in [3.8, 4) is 0 Å². The monoisotopic (exact) mass is 406 g/mol. The normalized spacial score (nSPS) is 10.7. The number of hydrogen-bond donors (Lipinski definition) is 2. The van der Waals surface area contributed by atoms with Gasteiger partial charge < -0.3 is 20.5 Å². The minimum atomic E-state index is -0.143. The number of hydrogen-bond acceptors (Lipinski definition) is 5. The summed E-state index contributed by atoms with van der Waals surface area (Å²) in [6.07, 6.45) is 0. The number of nitrogens with zero attached hydrogens (tertiary/aromatic N) is 2. The van der Waals surface area contributed by atoms with Gasteiger partial charge in [-0.25, -0.2) is 0 Å². The number of carbonyl (C=O) groups excluding carboxylic acids is 2. The van der Waals surface area contributed by atoms with Crippen molar-refractivity contribution >= 4 is 17.5 Å². The lowest BCUT2D eigenvalue weighted by atomic mass is 10.1. The molecule has 0 saturated carbocycles. The van der Waals surface area contributed by atoms with Gasteiger partial charge in [-0.15, -0.1) is 0 Å². The second kappa shape index (κ2) is 9.37. The second-order valence-electron chi connectivity index (χ2n) is 7.26. The van der Waals surface area contributed by atoms with Crippen molar-refractivity contribution in [3.05, 3.63) is 82.2 Å². The van der Waals surface area contributed by atoms with E-state index < -0.39 is 0 Å². The van der Waals surface area contributed by atoms with Gasteiger partial charge in [0.25, 0.3) is 5.91 Å². The number of aryl methyl sites for hydroxylation is 2. The highest BCUT2D eigenvalue weighted by Crippen LogP contribution is 2.20. The Hall–Kier alpha value is -3.45. The molecular formula is C23H26N4O3. The molecule has 1 aromatic heterocycles. The Labute approximate surface area is 175 Å². The van der Waals surface area contributed by atoms with Crippen LogP contribution in [0.3, 0.4) is 0 Å². The van der Waals surface area contributed by atoms with Crippen LogP contribution in [0.25, 0.3) is 0 Å². The molecule has 3 N–H and O–H groups in total. The molecule has 30 heavy (non-hydrogen) atoms. The molecule has 156 valence electrons. The molecule has 0 unspecified atom stereocenters. The van der Waals surface area contributed by atoms with Crippen LogP contribution in [-0.4, -0.2) is 21.9 Å². The molecule has 2 aromatic carbocycles. The molecule has 2 amide bonds. The number of rotatable bonds is 7. The highest BCUT2D eigenvalue weighted by atomic mass is 16.5. The number of nitrogens with two attached hydrogens (primary N) is 1. The Morgan fingerprint density at radius 1 is 1.03 bits per heavy atom. The van der Waals surface area contributed by atoms with Gasteiger partial charge in [0.05, 0.1) is 5.69 Å². The third kappa shape index (κ3) is 5.12. The van der Waals surface area contributed by atoms with E-state index in [1.165, 1.54) is 6.92 Å². The number of carbonyl (C=O) groups is 2. The lowest BCUT2D eigenvalue weighted by Gasteiger charge is -2.23. The van der Waals surface area contributed by atoms with Crippen molar-refractivity contribution in [1.82, 2.24) is 10.1 Å². The van der Waals surface area contributed by atoms with E-state index in [4.69, 9.17) is 10.3 Å². The van der Waals surface area contributed by atoms with Crippen LogP contribution in [0, 0.1) is 13.8 Å². The van der Waals surface area contributed by atoms with Crippen LogP contribution in [-0.2, 0) is 24.4 Å². The van der Waals surface area contributed by atoms with Crippen molar-refractivity contribution in [2.75, 3.05) is 5.32 Å². The van der Waals surface area contributed by atoms with Gasteiger partial charge in [-0.3, -0.25) is 9.59 Å². The van der Waals surface area contributed by atoms with E-state index in [0.29, 0.717) is 42.3 Å². The third-order valence-corrected chi connectivity index (χ3v) is 4.78. The van der Waals surface area contributed by atoms with Crippen molar-refractivity contribution < 1.29 is 14.1 Å². The van der Waals surface area contributed by atoms with Gasteiger partial charge in [0, 0.05) is 32.2 Å². The summed E-state index contributed by atoms with van der Waals surface area (Å²) in [5.74, 6) is 0.229. The first-order valence-corrected chi connectivity index (χ1v) is 9.74. The molecule has 0 radical (unpaired) electrons. The van der Waals surface area contributed by atoms with Crippen molar-refractivity contribution in [2.24, 2.45) is 5.73 Å². The standard InChI is InChI=1S/C23H26N4O3/c1-15-22(16(2)30-26-15)23(29)27(14-20-6-4-5-19(11-20)12-24)13-18-7-9-21(10-8-18)25-17(3)28/h4-11H,12-14,24H2,1-3H3,(H,25,28). The van der Waals surface area contributed by atoms with Gasteiger partial charge in [0.2, 0.25) is 5.91 Å². The van der Waals surface area contributed by atoms with Crippen LogP contribution in [0.5, 0.6) is 0 Å². The summed E-state index contributed by atoms with van der Waals surface area (Å²) in [5, 5.41) is 6.67. The minimum Gasteiger partial charge on any atom is -0.361 e. The number of aromatic nitrogens is 1. The predicted molar refractivity (Wildman–Crippen MR) is 115 cm³/mol. The highest BCUT2D eigenvalue weighted by molar-refractivity contribution is 5.96. The zero-order chi connectivity index (χ0) is 21.7. The zero-order valence-electron chi connectivity index (χ0n) is 17.4. The summed E-state index contributed by atoms with van der Waals surface area (Å²) in [6, 6.07) is 15.3. The summed E-state index contributed by atoms with van der Waals surface area (Å²) in [7, 11) is 0. The third-order valence-electron chi connectivity index (χ3n) is 4.78. The van der Waals surface area contributed by atoms with Crippen LogP contribution in [0.2, 0.25) is 0 Å².